The molecule has 1 aliphatic carbocycles. The van der Waals surface area contributed by atoms with Gasteiger partial charge in [-0.25, -0.2) is 4.98 Å². The standard InChI is InChI=1S/C32H21N5/c1-32-16-5-4-8-26(32)25-18-22(20-34)13-15-29(25)37(32)31-11-6-10-30(35-31)36-27-9-3-2-7-23(27)24-17-21(19-33)12-14-28(24)36/h2-18,26H,1H3/t26?,32-/m1/s1. The first-order valence-electron chi connectivity index (χ1n) is 12.2. The Morgan fingerprint density at radius 1 is 0.784 bits per heavy atom. The second kappa shape index (κ2) is 7.68. The summed E-state index contributed by atoms with van der Waals surface area (Å²) in [6.45, 7) is 2.22. The average molecular weight is 476 g/mol. The van der Waals surface area contributed by atoms with E-state index in [1.807, 2.05) is 66.7 Å². The van der Waals surface area contributed by atoms with Crippen molar-refractivity contribution in [2.24, 2.45) is 0 Å². The molecular formula is C32H21N5. The maximum Gasteiger partial charge on any atom is 0.140 e. The van der Waals surface area contributed by atoms with Crippen molar-refractivity contribution < 1.29 is 0 Å². The van der Waals surface area contributed by atoms with Crippen molar-refractivity contribution in [3.63, 3.8) is 0 Å². The Labute approximate surface area is 214 Å². The Morgan fingerprint density at radius 3 is 2.41 bits per heavy atom. The Balaban J connectivity index is 1.46. The minimum atomic E-state index is -0.348. The fraction of sp³-hybridized carbons (Fsp3) is 0.0938. The molecule has 0 fully saturated rings. The predicted molar refractivity (Wildman–Crippen MR) is 146 cm³/mol. The second-order valence-corrected chi connectivity index (χ2v) is 9.72. The maximum absolute atomic E-state index is 9.53. The second-order valence-electron chi connectivity index (χ2n) is 9.72. The molecule has 5 heteroatoms. The number of nitrogens with zero attached hydrogens (tertiary/aromatic N) is 5. The molecule has 3 heterocycles. The Kier molecular flexibility index (Phi) is 4.40. The van der Waals surface area contributed by atoms with Crippen LogP contribution in [0.15, 0.2) is 103 Å². The Hall–Kier alpha value is -5.13. The fourth-order valence-electron chi connectivity index (χ4n) is 6.01. The summed E-state index contributed by atoms with van der Waals surface area (Å²) in [6.07, 6.45) is 8.60. The van der Waals surface area contributed by atoms with Crippen molar-refractivity contribution in [1.82, 2.24) is 9.55 Å². The van der Waals surface area contributed by atoms with E-state index in [0.717, 1.165) is 44.7 Å². The van der Waals surface area contributed by atoms with Crippen LogP contribution < -0.4 is 4.90 Å². The van der Waals surface area contributed by atoms with Gasteiger partial charge in [-0.05, 0) is 67.1 Å². The number of pyridine rings is 1. The molecule has 0 amide bonds. The van der Waals surface area contributed by atoms with Gasteiger partial charge in [-0.3, -0.25) is 4.57 Å². The van der Waals surface area contributed by atoms with Crippen LogP contribution >= 0.6 is 0 Å². The molecule has 0 bridgehead atoms. The van der Waals surface area contributed by atoms with Gasteiger partial charge >= 0.3 is 0 Å². The first-order chi connectivity index (χ1) is 18.1. The first kappa shape index (κ1) is 21.2. The average Bonchev–Trinajstić information content (AvgIpc) is 3.41. The van der Waals surface area contributed by atoms with Crippen LogP contribution in [0.1, 0.15) is 29.5 Å². The van der Waals surface area contributed by atoms with E-state index in [4.69, 9.17) is 4.98 Å². The zero-order valence-corrected chi connectivity index (χ0v) is 20.1. The molecule has 2 aliphatic rings. The van der Waals surface area contributed by atoms with Crippen LogP contribution in [0.4, 0.5) is 11.5 Å². The predicted octanol–water partition coefficient (Wildman–Crippen LogP) is 7.04. The zero-order chi connectivity index (χ0) is 25.1. The van der Waals surface area contributed by atoms with Crippen molar-refractivity contribution in [1.29, 1.82) is 10.5 Å². The third-order valence-corrected chi connectivity index (χ3v) is 7.67. The van der Waals surface area contributed by atoms with Crippen molar-refractivity contribution in [3.8, 4) is 18.0 Å². The number of hydrogen-bond acceptors (Lipinski definition) is 4. The monoisotopic (exact) mass is 475 g/mol. The van der Waals surface area contributed by atoms with E-state index in [1.165, 1.54) is 0 Å². The molecule has 1 aliphatic heterocycles. The molecule has 0 N–H and O–H groups in total. The Bertz CT molecular complexity index is 1890. The molecule has 1 unspecified atom stereocenters. The molecule has 0 saturated carbocycles. The third-order valence-electron chi connectivity index (χ3n) is 7.67. The number of rotatable bonds is 2. The number of nitriles is 2. The van der Waals surface area contributed by atoms with Gasteiger partial charge in [0.05, 0.1) is 39.8 Å². The number of hydrogen-bond donors (Lipinski definition) is 0. The lowest BCUT2D eigenvalue weighted by Gasteiger charge is -2.38. The SMILES string of the molecule is C[C@@]12C=CC=CC1c1cc(C#N)ccc1N2c1cccc(-n2c3ccccc3c3cc(C#N)ccc32)n1. The first-order valence-corrected chi connectivity index (χ1v) is 12.2. The topological polar surface area (TPSA) is 68.6 Å². The number of para-hydroxylation sites is 1. The summed E-state index contributed by atoms with van der Waals surface area (Å²) in [6, 6.07) is 30.6. The van der Waals surface area contributed by atoms with Crippen LogP contribution in [0.25, 0.3) is 27.6 Å². The van der Waals surface area contributed by atoms with E-state index in [2.05, 4.69) is 65.0 Å². The fourth-order valence-corrected chi connectivity index (χ4v) is 6.01. The van der Waals surface area contributed by atoms with Gasteiger partial charge in [0.25, 0.3) is 0 Å². The molecule has 0 saturated heterocycles. The van der Waals surface area contributed by atoms with Gasteiger partial charge in [-0.1, -0.05) is 48.6 Å². The summed E-state index contributed by atoms with van der Waals surface area (Å²) in [4.78, 5) is 7.51. The van der Waals surface area contributed by atoms with Crippen LogP contribution in [0.2, 0.25) is 0 Å². The summed E-state index contributed by atoms with van der Waals surface area (Å²) in [7, 11) is 0. The number of allylic oxidation sites excluding steroid dienone is 2. The zero-order valence-electron chi connectivity index (χ0n) is 20.1. The highest BCUT2D eigenvalue weighted by Gasteiger charge is 2.47. The number of anilines is 2. The quantitative estimate of drug-likeness (QED) is 0.275. The number of fused-ring (bicyclic) bond motifs is 6. The van der Waals surface area contributed by atoms with Crippen LogP contribution in [-0.2, 0) is 0 Å². The minimum absolute atomic E-state index is 0.115. The van der Waals surface area contributed by atoms with Gasteiger partial charge < -0.3 is 4.90 Å². The third kappa shape index (κ3) is 2.92. The van der Waals surface area contributed by atoms with Gasteiger partial charge in [-0.2, -0.15) is 10.5 Å². The molecule has 0 spiro atoms. The van der Waals surface area contributed by atoms with Crippen LogP contribution in [0, 0.1) is 22.7 Å². The van der Waals surface area contributed by atoms with Gasteiger partial charge in [-0.15, -0.1) is 0 Å². The maximum atomic E-state index is 9.53. The molecule has 0 radical (unpaired) electrons. The molecule has 174 valence electrons. The molecule has 2 aromatic heterocycles. The van der Waals surface area contributed by atoms with E-state index >= 15 is 0 Å². The molecule has 5 aromatic rings. The normalized spacial score (nSPS) is 19.5. The van der Waals surface area contributed by atoms with E-state index in [1.54, 1.807) is 0 Å². The molecule has 37 heavy (non-hydrogen) atoms. The molecule has 3 aromatic carbocycles. The van der Waals surface area contributed by atoms with Crippen LogP contribution in [-0.4, -0.2) is 15.1 Å². The Morgan fingerprint density at radius 2 is 1.54 bits per heavy atom. The van der Waals surface area contributed by atoms with Gasteiger partial charge in [0.2, 0.25) is 0 Å². The lowest BCUT2D eigenvalue weighted by molar-refractivity contribution is 0.538. The number of aromatic nitrogens is 2. The summed E-state index contributed by atoms with van der Waals surface area (Å²) >= 11 is 0. The summed E-state index contributed by atoms with van der Waals surface area (Å²) in [5, 5.41) is 21.1. The smallest absolute Gasteiger partial charge is 0.140 e. The van der Waals surface area contributed by atoms with Gasteiger partial charge in [0.15, 0.2) is 0 Å². The molecule has 7 rings (SSSR count). The summed E-state index contributed by atoms with van der Waals surface area (Å²) < 4.78 is 2.17. The molecular weight excluding hydrogens is 454 g/mol. The van der Waals surface area contributed by atoms with E-state index in [9.17, 15) is 10.5 Å². The highest BCUT2D eigenvalue weighted by Crippen LogP contribution is 2.53. The van der Waals surface area contributed by atoms with E-state index < -0.39 is 0 Å². The van der Waals surface area contributed by atoms with Crippen molar-refractivity contribution in [2.45, 2.75) is 18.4 Å². The van der Waals surface area contributed by atoms with E-state index in [0.29, 0.717) is 11.1 Å². The molecule has 5 nitrogen and oxygen atoms in total. The highest BCUT2D eigenvalue weighted by molar-refractivity contribution is 6.09. The van der Waals surface area contributed by atoms with Crippen molar-refractivity contribution in [3.05, 3.63) is 120 Å². The largest absolute Gasteiger partial charge is 0.316 e. The summed E-state index contributed by atoms with van der Waals surface area (Å²) in [5.74, 6) is 1.77. The minimum Gasteiger partial charge on any atom is -0.316 e. The van der Waals surface area contributed by atoms with Gasteiger partial charge in [0, 0.05) is 22.4 Å². The number of benzene rings is 3. The lowest BCUT2D eigenvalue weighted by atomic mass is 9.80. The van der Waals surface area contributed by atoms with Crippen molar-refractivity contribution in [2.75, 3.05) is 4.90 Å². The van der Waals surface area contributed by atoms with Crippen LogP contribution in [0.5, 0.6) is 0 Å². The van der Waals surface area contributed by atoms with Crippen LogP contribution in [0.3, 0.4) is 0 Å². The molecule has 2 atom stereocenters. The highest BCUT2D eigenvalue weighted by atomic mass is 15.3. The summed E-state index contributed by atoms with van der Waals surface area (Å²) in [5.41, 5.74) is 5.20. The van der Waals surface area contributed by atoms with Gasteiger partial charge in [0.1, 0.15) is 11.6 Å². The lowest BCUT2D eigenvalue weighted by Crippen LogP contribution is -2.42. The van der Waals surface area contributed by atoms with Crippen molar-refractivity contribution >= 4 is 33.3 Å². The van der Waals surface area contributed by atoms with E-state index in [-0.39, 0.29) is 11.5 Å².